The lowest BCUT2D eigenvalue weighted by Gasteiger charge is -2.37. The molecule has 37 heavy (non-hydrogen) atoms. The molecule has 2 aliphatic rings. The Bertz CT molecular complexity index is 1100. The summed E-state index contributed by atoms with van der Waals surface area (Å²) in [4.78, 5) is 26.8. The van der Waals surface area contributed by atoms with E-state index < -0.39 is 18.6 Å². The van der Waals surface area contributed by atoms with Crippen molar-refractivity contribution >= 4 is 29.2 Å². The zero-order chi connectivity index (χ0) is 26.6. The lowest BCUT2D eigenvalue weighted by Crippen LogP contribution is -2.39. The van der Waals surface area contributed by atoms with Crippen LogP contribution in [-0.4, -0.2) is 42.5 Å². The van der Waals surface area contributed by atoms with E-state index >= 15 is 0 Å². The Labute approximate surface area is 213 Å². The van der Waals surface area contributed by atoms with E-state index in [2.05, 4.69) is 15.8 Å². The zero-order valence-corrected chi connectivity index (χ0v) is 21.1. The lowest BCUT2D eigenvalue weighted by molar-refractivity contribution is -0.144. The molecule has 0 saturated heterocycles. The standard InChI is InChI=1S/C26H33F3N4O4/c1-3-36-24(34)20-15-19(20)17-9-10-22(21(14-17)30-25(35)31-23-13-16(2)37-32-23)33(12-11-26(27,28)29)18-7-5-4-6-8-18/h9-10,13-14,18-20H,3-8,11-12,15H2,1-2H3,(H2,30,31,32,35)/t19-,20-/m0/s1. The molecule has 2 aromatic rings. The second-order valence-electron chi connectivity index (χ2n) is 9.73. The Morgan fingerprint density at radius 1 is 1.16 bits per heavy atom. The van der Waals surface area contributed by atoms with E-state index in [-0.39, 0.29) is 36.2 Å². The fourth-order valence-corrected chi connectivity index (χ4v) is 5.04. The predicted molar refractivity (Wildman–Crippen MR) is 133 cm³/mol. The smallest absolute Gasteiger partial charge is 0.390 e. The number of benzene rings is 1. The molecule has 0 bridgehead atoms. The highest BCUT2D eigenvalue weighted by molar-refractivity contribution is 6.01. The number of carbonyl (C=O) groups excluding carboxylic acids is 2. The van der Waals surface area contributed by atoms with Gasteiger partial charge in [-0.1, -0.05) is 30.5 Å². The molecule has 0 unspecified atom stereocenters. The summed E-state index contributed by atoms with van der Waals surface area (Å²) in [5.74, 6) is 0.156. The van der Waals surface area contributed by atoms with Gasteiger partial charge in [0.2, 0.25) is 0 Å². The first-order chi connectivity index (χ1) is 17.6. The molecule has 2 N–H and O–H groups in total. The van der Waals surface area contributed by atoms with Crippen molar-refractivity contribution in [3.05, 3.63) is 35.6 Å². The van der Waals surface area contributed by atoms with Crippen molar-refractivity contribution in [2.45, 2.75) is 76.9 Å². The first kappa shape index (κ1) is 26.8. The highest BCUT2D eigenvalue weighted by atomic mass is 19.4. The molecule has 0 radical (unpaired) electrons. The summed E-state index contributed by atoms with van der Waals surface area (Å²) in [7, 11) is 0. The van der Waals surface area contributed by atoms with Gasteiger partial charge in [-0.25, -0.2) is 4.79 Å². The molecular formula is C26H33F3N4O4. The minimum absolute atomic E-state index is 0.0584. The molecule has 1 heterocycles. The highest BCUT2D eigenvalue weighted by Gasteiger charge is 2.45. The fourth-order valence-electron chi connectivity index (χ4n) is 5.04. The van der Waals surface area contributed by atoms with Crippen LogP contribution in [0.2, 0.25) is 0 Å². The van der Waals surface area contributed by atoms with Crippen LogP contribution < -0.4 is 15.5 Å². The van der Waals surface area contributed by atoms with Crippen molar-refractivity contribution in [3.8, 4) is 0 Å². The van der Waals surface area contributed by atoms with Gasteiger partial charge in [0, 0.05) is 18.7 Å². The number of hydrogen-bond acceptors (Lipinski definition) is 6. The normalized spacial score (nSPS) is 19.8. The summed E-state index contributed by atoms with van der Waals surface area (Å²) in [6.07, 6.45) is -0.0978. The van der Waals surface area contributed by atoms with Crippen LogP contribution in [0.25, 0.3) is 0 Å². The first-order valence-corrected chi connectivity index (χ1v) is 12.8. The Morgan fingerprint density at radius 2 is 1.92 bits per heavy atom. The van der Waals surface area contributed by atoms with Crippen LogP contribution in [-0.2, 0) is 9.53 Å². The molecule has 2 saturated carbocycles. The SMILES string of the molecule is CCOC(=O)[C@H]1C[C@H]1c1ccc(N(CCC(F)(F)F)C2CCCCC2)c(NC(=O)Nc2cc(C)on2)c1. The number of nitrogens with one attached hydrogen (secondary N) is 2. The molecule has 2 atom stereocenters. The maximum Gasteiger partial charge on any atom is 0.390 e. The maximum absolute atomic E-state index is 13.2. The van der Waals surface area contributed by atoms with Gasteiger partial charge in [-0.2, -0.15) is 13.2 Å². The zero-order valence-electron chi connectivity index (χ0n) is 21.1. The van der Waals surface area contributed by atoms with Crippen molar-refractivity contribution in [3.63, 3.8) is 0 Å². The molecule has 0 aliphatic heterocycles. The number of halogens is 3. The molecule has 2 fully saturated rings. The number of amides is 2. The first-order valence-electron chi connectivity index (χ1n) is 12.8. The van der Waals surface area contributed by atoms with Crippen molar-refractivity contribution in [1.82, 2.24) is 5.16 Å². The van der Waals surface area contributed by atoms with Crippen LogP contribution in [0, 0.1) is 12.8 Å². The molecule has 2 amide bonds. The third-order valence-corrected chi connectivity index (χ3v) is 6.91. The molecule has 2 aliphatic carbocycles. The Hall–Kier alpha value is -3.24. The average Bonchev–Trinajstić information content (AvgIpc) is 3.55. The fraction of sp³-hybridized carbons (Fsp3) is 0.577. The molecule has 11 heteroatoms. The van der Waals surface area contributed by atoms with E-state index in [0.29, 0.717) is 30.2 Å². The summed E-state index contributed by atoms with van der Waals surface area (Å²) in [5, 5.41) is 9.15. The highest BCUT2D eigenvalue weighted by Crippen LogP contribution is 2.49. The number of rotatable bonds is 9. The van der Waals surface area contributed by atoms with Crippen LogP contribution in [0.4, 0.5) is 35.2 Å². The monoisotopic (exact) mass is 522 g/mol. The number of aryl methyl sites for hydroxylation is 1. The van der Waals surface area contributed by atoms with Gasteiger partial charge in [0.05, 0.1) is 30.3 Å². The van der Waals surface area contributed by atoms with Crippen molar-refractivity contribution < 1.29 is 32.0 Å². The van der Waals surface area contributed by atoms with E-state index in [1.54, 1.807) is 36.9 Å². The molecule has 1 aromatic heterocycles. The summed E-state index contributed by atoms with van der Waals surface area (Å²) in [6.45, 7) is 3.53. The third kappa shape index (κ3) is 7.17. The molecule has 4 rings (SSSR count). The number of nitrogens with zero attached hydrogens (tertiary/aromatic N) is 2. The van der Waals surface area contributed by atoms with E-state index in [1.807, 2.05) is 6.07 Å². The molecule has 8 nitrogen and oxygen atoms in total. The van der Waals surface area contributed by atoms with Crippen LogP contribution >= 0.6 is 0 Å². The van der Waals surface area contributed by atoms with Gasteiger partial charge in [-0.05, 0) is 56.7 Å². The number of hydrogen-bond donors (Lipinski definition) is 2. The predicted octanol–water partition coefficient (Wildman–Crippen LogP) is 6.39. The summed E-state index contributed by atoms with van der Waals surface area (Å²) in [5.41, 5.74) is 1.74. The van der Waals surface area contributed by atoms with Crippen LogP contribution in [0.5, 0.6) is 0 Å². The van der Waals surface area contributed by atoms with Gasteiger partial charge >= 0.3 is 18.2 Å². The van der Waals surface area contributed by atoms with Crippen LogP contribution in [0.1, 0.15) is 69.1 Å². The maximum atomic E-state index is 13.2. The number of ether oxygens (including phenoxy) is 1. The third-order valence-electron chi connectivity index (χ3n) is 6.91. The van der Waals surface area contributed by atoms with E-state index in [1.165, 1.54) is 0 Å². The van der Waals surface area contributed by atoms with Crippen molar-refractivity contribution in [2.24, 2.45) is 5.92 Å². The minimum atomic E-state index is -4.30. The summed E-state index contributed by atoms with van der Waals surface area (Å²) in [6, 6.07) is 6.27. The molecule has 202 valence electrons. The average molecular weight is 523 g/mol. The number of carbonyl (C=O) groups is 2. The Morgan fingerprint density at radius 3 is 2.57 bits per heavy atom. The van der Waals surface area contributed by atoms with Crippen LogP contribution in [0.3, 0.4) is 0 Å². The number of aromatic nitrogens is 1. The lowest BCUT2D eigenvalue weighted by atomic mass is 9.93. The minimum Gasteiger partial charge on any atom is -0.466 e. The second kappa shape index (κ2) is 11.4. The molecule has 0 spiro atoms. The largest absolute Gasteiger partial charge is 0.466 e. The topological polar surface area (TPSA) is 96.7 Å². The van der Waals surface area contributed by atoms with E-state index in [0.717, 1.165) is 37.7 Å². The van der Waals surface area contributed by atoms with Crippen molar-refractivity contribution in [2.75, 3.05) is 28.7 Å². The Balaban J connectivity index is 1.63. The molecule has 1 aromatic carbocycles. The van der Waals surface area contributed by atoms with Gasteiger partial charge in [0.1, 0.15) is 5.76 Å². The van der Waals surface area contributed by atoms with Gasteiger partial charge in [-0.15, -0.1) is 0 Å². The van der Waals surface area contributed by atoms with E-state index in [4.69, 9.17) is 9.26 Å². The van der Waals surface area contributed by atoms with Gasteiger partial charge in [0.15, 0.2) is 5.82 Å². The van der Waals surface area contributed by atoms with Crippen molar-refractivity contribution in [1.29, 1.82) is 0 Å². The number of urea groups is 1. The number of esters is 1. The summed E-state index contributed by atoms with van der Waals surface area (Å²) < 4.78 is 49.9. The molecular weight excluding hydrogens is 489 g/mol. The van der Waals surface area contributed by atoms with Crippen LogP contribution in [0.15, 0.2) is 28.8 Å². The number of anilines is 3. The van der Waals surface area contributed by atoms with Gasteiger partial charge in [0.25, 0.3) is 0 Å². The van der Waals surface area contributed by atoms with E-state index in [9.17, 15) is 22.8 Å². The quantitative estimate of drug-likeness (QED) is 0.371. The second-order valence-corrected chi connectivity index (χ2v) is 9.73. The van der Waals surface area contributed by atoms with Gasteiger partial charge < -0.3 is 19.5 Å². The number of alkyl halides is 3. The summed E-state index contributed by atoms with van der Waals surface area (Å²) >= 11 is 0. The Kier molecular flexibility index (Phi) is 8.29. The van der Waals surface area contributed by atoms with Gasteiger partial charge in [-0.3, -0.25) is 10.1 Å².